The topological polar surface area (TPSA) is 84.9 Å². The number of amides is 1. The SMILES string of the molecule is CC(Oc1ccc(NC(=O)C2OCCc3ccccc32)cc1F)C(=O)O. The molecule has 2 unspecified atom stereocenters. The number of nitrogens with one attached hydrogen (secondary N) is 1. The van der Waals surface area contributed by atoms with E-state index >= 15 is 0 Å². The van der Waals surface area contributed by atoms with Crippen LogP contribution in [0.3, 0.4) is 0 Å². The molecule has 136 valence electrons. The minimum Gasteiger partial charge on any atom is -0.479 e. The molecule has 1 aliphatic heterocycles. The van der Waals surface area contributed by atoms with Crippen LogP contribution in [0.25, 0.3) is 0 Å². The zero-order chi connectivity index (χ0) is 18.7. The predicted molar refractivity (Wildman–Crippen MR) is 91.6 cm³/mol. The van der Waals surface area contributed by atoms with Crippen LogP contribution in [0.4, 0.5) is 10.1 Å². The van der Waals surface area contributed by atoms with E-state index in [2.05, 4.69) is 5.32 Å². The van der Waals surface area contributed by atoms with Crippen LogP contribution in [0.5, 0.6) is 5.75 Å². The Labute approximate surface area is 149 Å². The van der Waals surface area contributed by atoms with Gasteiger partial charge in [0.05, 0.1) is 6.61 Å². The first-order valence-corrected chi connectivity index (χ1v) is 8.15. The van der Waals surface area contributed by atoms with Crippen molar-refractivity contribution in [1.82, 2.24) is 0 Å². The van der Waals surface area contributed by atoms with E-state index in [0.29, 0.717) is 6.61 Å². The third-order valence-corrected chi connectivity index (χ3v) is 4.08. The summed E-state index contributed by atoms with van der Waals surface area (Å²) in [5.41, 5.74) is 2.08. The Kier molecular flexibility index (Phi) is 5.18. The summed E-state index contributed by atoms with van der Waals surface area (Å²) in [6, 6.07) is 11.3. The fourth-order valence-electron chi connectivity index (χ4n) is 2.73. The van der Waals surface area contributed by atoms with E-state index in [-0.39, 0.29) is 11.4 Å². The number of ether oxygens (including phenoxy) is 2. The van der Waals surface area contributed by atoms with E-state index in [4.69, 9.17) is 14.6 Å². The van der Waals surface area contributed by atoms with Crippen molar-refractivity contribution in [1.29, 1.82) is 0 Å². The highest BCUT2D eigenvalue weighted by Crippen LogP contribution is 2.29. The molecule has 2 aromatic carbocycles. The molecule has 3 rings (SSSR count). The van der Waals surface area contributed by atoms with Crippen LogP contribution in [0.15, 0.2) is 42.5 Å². The Morgan fingerprint density at radius 3 is 2.81 bits per heavy atom. The Hall–Kier alpha value is -2.93. The molecular weight excluding hydrogens is 341 g/mol. The number of rotatable bonds is 5. The van der Waals surface area contributed by atoms with Gasteiger partial charge in [-0.2, -0.15) is 0 Å². The van der Waals surface area contributed by atoms with E-state index in [1.807, 2.05) is 24.3 Å². The van der Waals surface area contributed by atoms with Crippen LogP contribution in [0.1, 0.15) is 24.2 Å². The summed E-state index contributed by atoms with van der Waals surface area (Å²) in [5, 5.41) is 11.4. The quantitative estimate of drug-likeness (QED) is 0.857. The van der Waals surface area contributed by atoms with E-state index < -0.39 is 29.9 Å². The van der Waals surface area contributed by atoms with Crippen molar-refractivity contribution < 1.29 is 28.6 Å². The monoisotopic (exact) mass is 359 g/mol. The molecule has 0 aliphatic carbocycles. The maximum absolute atomic E-state index is 14.1. The van der Waals surface area contributed by atoms with Gasteiger partial charge in [-0.1, -0.05) is 24.3 Å². The Morgan fingerprint density at radius 1 is 1.31 bits per heavy atom. The van der Waals surface area contributed by atoms with Gasteiger partial charge in [0.2, 0.25) is 0 Å². The lowest BCUT2D eigenvalue weighted by molar-refractivity contribution is -0.144. The molecule has 7 heteroatoms. The molecule has 0 radical (unpaired) electrons. The van der Waals surface area contributed by atoms with E-state index in [1.165, 1.54) is 19.1 Å². The summed E-state index contributed by atoms with van der Waals surface area (Å²) < 4.78 is 24.7. The second-order valence-electron chi connectivity index (χ2n) is 5.93. The zero-order valence-corrected chi connectivity index (χ0v) is 14.1. The van der Waals surface area contributed by atoms with Crippen LogP contribution in [0, 0.1) is 5.82 Å². The number of benzene rings is 2. The van der Waals surface area contributed by atoms with Gasteiger partial charge in [-0.25, -0.2) is 9.18 Å². The molecule has 2 atom stereocenters. The largest absolute Gasteiger partial charge is 0.479 e. The van der Waals surface area contributed by atoms with Crippen LogP contribution >= 0.6 is 0 Å². The summed E-state index contributed by atoms with van der Waals surface area (Å²) in [7, 11) is 0. The molecule has 0 fully saturated rings. The van der Waals surface area contributed by atoms with Crippen molar-refractivity contribution in [3.8, 4) is 5.75 Å². The van der Waals surface area contributed by atoms with Gasteiger partial charge in [-0.15, -0.1) is 0 Å². The van der Waals surface area contributed by atoms with Crippen molar-refractivity contribution in [3.63, 3.8) is 0 Å². The van der Waals surface area contributed by atoms with Crippen LogP contribution in [-0.4, -0.2) is 29.7 Å². The lowest BCUT2D eigenvalue weighted by atomic mass is 9.97. The second-order valence-corrected chi connectivity index (χ2v) is 5.93. The summed E-state index contributed by atoms with van der Waals surface area (Å²) in [6.45, 7) is 1.73. The number of fused-ring (bicyclic) bond motifs is 1. The van der Waals surface area contributed by atoms with Gasteiger partial charge in [0, 0.05) is 11.8 Å². The molecule has 1 amide bonds. The van der Waals surface area contributed by atoms with Crippen molar-refractivity contribution in [2.45, 2.75) is 25.6 Å². The number of hydrogen-bond acceptors (Lipinski definition) is 4. The standard InChI is InChI=1S/C19H18FNO5/c1-11(19(23)24)26-16-7-6-13(10-15(16)20)21-18(22)17-14-5-3-2-4-12(14)8-9-25-17/h2-7,10-11,17H,8-9H2,1H3,(H,21,22)(H,23,24). The van der Waals surface area contributed by atoms with Gasteiger partial charge in [-0.05, 0) is 36.6 Å². The molecular formula is C19H18FNO5. The first-order valence-electron chi connectivity index (χ1n) is 8.15. The van der Waals surface area contributed by atoms with Crippen molar-refractivity contribution in [3.05, 3.63) is 59.4 Å². The average molecular weight is 359 g/mol. The number of hydrogen-bond donors (Lipinski definition) is 2. The molecule has 1 heterocycles. The summed E-state index contributed by atoms with van der Waals surface area (Å²) in [4.78, 5) is 23.3. The van der Waals surface area contributed by atoms with E-state index in [0.717, 1.165) is 23.6 Å². The molecule has 0 saturated carbocycles. The maximum Gasteiger partial charge on any atom is 0.344 e. The van der Waals surface area contributed by atoms with Gasteiger partial charge in [0.1, 0.15) is 0 Å². The average Bonchev–Trinajstić information content (AvgIpc) is 2.63. The summed E-state index contributed by atoms with van der Waals surface area (Å²) in [6.07, 6.45) is -1.20. The number of aliphatic carboxylic acids is 1. The van der Waals surface area contributed by atoms with Gasteiger partial charge in [0.25, 0.3) is 5.91 Å². The minimum absolute atomic E-state index is 0.197. The fourth-order valence-corrected chi connectivity index (χ4v) is 2.73. The number of carbonyl (C=O) groups excluding carboxylic acids is 1. The lowest BCUT2D eigenvalue weighted by Crippen LogP contribution is -2.28. The first kappa shape index (κ1) is 17.9. The maximum atomic E-state index is 14.1. The van der Waals surface area contributed by atoms with Crippen LogP contribution in [-0.2, 0) is 20.7 Å². The van der Waals surface area contributed by atoms with E-state index in [9.17, 15) is 14.0 Å². The molecule has 26 heavy (non-hydrogen) atoms. The number of anilines is 1. The molecule has 0 spiro atoms. The molecule has 0 saturated heterocycles. The summed E-state index contributed by atoms with van der Waals surface area (Å²) >= 11 is 0. The highest BCUT2D eigenvalue weighted by atomic mass is 19.1. The van der Waals surface area contributed by atoms with Crippen molar-refractivity contribution in [2.75, 3.05) is 11.9 Å². The van der Waals surface area contributed by atoms with Gasteiger partial charge in [-0.3, -0.25) is 4.79 Å². The first-order chi connectivity index (χ1) is 12.5. The van der Waals surface area contributed by atoms with Gasteiger partial charge < -0.3 is 19.9 Å². The smallest absolute Gasteiger partial charge is 0.344 e. The lowest BCUT2D eigenvalue weighted by Gasteiger charge is -2.25. The van der Waals surface area contributed by atoms with Gasteiger partial charge >= 0.3 is 5.97 Å². The van der Waals surface area contributed by atoms with Crippen molar-refractivity contribution >= 4 is 17.6 Å². The number of carboxylic acid groups (broad SMARTS) is 1. The third kappa shape index (κ3) is 3.83. The minimum atomic E-state index is -1.20. The fraction of sp³-hybridized carbons (Fsp3) is 0.263. The second kappa shape index (κ2) is 7.53. The highest BCUT2D eigenvalue weighted by Gasteiger charge is 2.27. The summed E-state index contributed by atoms with van der Waals surface area (Å²) in [5.74, 6) is -2.56. The highest BCUT2D eigenvalue weighted by molar-refractivity contribution is 5.95. The van der Waals surface area contributed by atoms with Crippen LogP contribution < -0.4 is 10.1 Å². The number of carboxylic acids is 1. The van der Waals surface area contributed by atoms with Gasteiger partial charge in [0.15, 0.2) is 23.8 Å². The van der Waals surface area contributed by atoms with Crippen LogP contribution in [0.2, 0.25) is 0 Å². The number of halogens is 1. The molecule has 0 aromatic heterocycles. The Bertz CT molecular complexity index is 838. The molecule has 1 aliphatic rings. The zero-order valence-electron chi connectivity index (χ0n) is 14.1. The Morgan fingerprint density at radius 2 is 2.08 bits per heavy atom. The molecule has 0 bridgehead atoms. The predicted octanol–water partition coefficient (Wildman–Crippen LogP) is 2.93. The molecule has 6 nitrogen and oxygen atoms in total. The third-order valence-electron chi connectivity index (χ3n) is 4.08. The van der Waals surface area contributed by atoms with E-state index in [1.54, 1.807) is 0 Å². The molecule has 2 N–H and O–H groups in total. The molecule has 2 aromatic rings. The number of carbonyl (C=O) groups is 2. The normalized spacial score (nSPS) is 17.1. The Balaban J connectivity index is 1.73. The van der Waals surface area contributed by atoms with Crippen molar-refractivity contribution in [2.24, 2.45) is 0 Å².